The van der Waals surface area contributed by atoms with Gasteiger partial charge in [0.2, 0.25) is 0 Å². The highest BCUT2D eigenvalue weighted by Gasteiger charge is 2.12. The molecule has 0 atom stereocenters. The fourth-order valence-corrected chi connectivity index (χ4v) is 2.81. The number of halogens is 2. The maximum atomic E-state index is 12.8. The Morgan fingerprint density at radius 2 is 1.91 bits per heavy atom. The number of benzene rings is 2. The van der Waals surface area contributed by atoms with Gasteiger partial charge in [-0.2, -0.15) is 13.5 Å². The van der Waals surface area contributed by atoms with Crippen LogP contribution in [0.2, 0.25) is 0 Å². The highest BCUT2D eigenvalue weighted by atomic mass is 79.9. The van der Waals surface area contributed by atoms with Crippen molar-refractivity contribution >= 4 is 32.2 Å². The van der Waals surface area contributed by atoms with Crippen LogP contribution in [0.3, 0.4) is 0 Å². The number of hydrogen-bond acceptors (Lipinski definition) is 4. The van der Waals surface area contributed by atoms with E-state index in [9.17, 15) is 12.8 Å². The normalized spacial score (nSPS) is 11.6. The molecule has 0 saturated carbocycles. The standard InChI is InChI=1S/C14H12BrFN2O3S/c1-21-14-7-2-11(15)8-10(14)9-17-18-22(19,20)13-5-3-12(16)4-6-13/h2-9,18H,1H3/b17-9+. The number of nitrogens with zero attached hydrogens (tertiary/aromatic N) is 1. The summed E-state index contributed by atoms with van der Waals surface area (Å²) >= 11 is 3.31. The van der Waals surface area contributed by atoms with Crippen LogP contribution in [0.25, 0.3) is 0 Å². The van der Waals surface area contributed by atoms with Crippen molar-refractivity contribution in [1.29, 1.82) is 0 Å². The number of rotatable bonds is 5. The van der Waals surface area contributed by atoms with Gasteiger partial charge < -0.3 is 4.74 Å². The van der Waals surface area contributed by atoms with Gasteiger partial charge in [0.15, 0.2) is 0 Å². The molecule has 2 rings (SSSR count). The van der Waals surface area contributed by atoms with Gasteiger partial charge in [-0.3, -0.25) is 0 Å². The van der Waals surface area contributed by atoms with E-state index < -0.39 is 15.8 Å². The Kier molecular flexibility index (Phi) is 5.15. The molecule has 8 heteroatoms. The molecular weight excluding hydrogens is 375 g/mol. The topological polar surface area (TPSA) is 67.8 Å². The number of nitrogens with one attached hydrogen (secondary N) is 1. The van der Waals surface area contributed by atoms with Gasteiger partial charge in [-0.15, -0.1) is 0 Å². The Morgan fingerprint density at radius 3 is 2.55 bits per heavy atom. The number of sulfonamides is 1. The first kappa shape index (κ1) is 16.4. The summed E-state index contributed by atoms with van der Waals surface area (Å²) in [5, 5.41) is 3.70. The zero-order valence-electron chi connectivity index (χ0n) is 11.5. The van der Waals surface area contributed by atoms with E-state index in [0.717, 1.165) is 28.7 Å². The maximum absolute atomic E-state index is 12.8. The highest BCUT2D eigenvalue weighted by Crippen LogP contribution is 2.21. The lowest BCUT2D eigenvalue weighted by Crippen LogP contribution is -2.18. The molecule has 0 aliphatic carbocycles. The average molecular weight is 387 g/mol. The van der Waals surface area contributed by atoms with Gasteiger partial charge in [-0.1, -0.05) is 15.9 Å². The Labute approximate surface area is 136 Å². The molecule has 0 radical (unpaired) electrons. The molecule has 22 heavy (non-hydrogen) atoms. The minimum absolute atomic E-state index is 0.0766. The summed E-state index contributed by atoms with van der Waals surface area (Å²) in [4.78, 5) is 1.99. The molecule has 0 amide bonds. The minimum atomic E-state index is -3.84. The molecule has 1 N–H and O–H groups in total. The van der Waals surface area contributed by atoms with Gasteiger partial charge in [0.25, 0.3) is 10.0 Å². The van der Waals surface area contributed by atoms with Crippen LogP contribution in [-0.4, -0.2) is 21.7 Å². The molecular formula is C14H12BrFN2O3S. The summed E-state index contributed by atoms with van der Waals surface area (Å²) in [6.45, 7) is 0. The summed E-state index contributed by atoms with van der Waals surface area (Å²) in [7, 11) is -2.34. The van der Waals surface area contributed by atoms with E-state index in [0.29, 0.717) is 11.3 Å². The maximum Gasteiger partial charge on any atom is 0.276 e. The quantitative estimate of drug-likeness (QED) is 0.634. The van der Waals surface area contributed by atoms with Gasteiger partial charge in [-0.25, -0.2) is 9.22 Å². The van der Waals surface area contributed by atoms with E-state index in [-0.39, 0.29) is 4.90 Å². The smallest absolute Gasteiger partial charge is 0.276 e. The molecule has 0 aliphatic rings. The third kappa shape index (κ3) is 4.05. The molecule has 0 bridgehead atoms. The highest BCUT2D eigenvalue weighted by molar-refractivity contribution is 9.10. The number of hydrazone groups is 1. The fraction of sp³-hybridized carbons (Fsp3) is 0.0714. The predicted molar refractivity (Wildman–Crippen MR) is 85.0 cm³/mol. The van der Waals surface area contributed by atoms with Crippen LogP contribution in [0.1, 0.15) is 5.56 Å². The fourth-order valence-electron chi connectivity index (χ4n) is 1.64. The summed E-state index contributed by atoms with van der Waals surface area (Å²) in [6.07, 6.45) is 1.32. The van der Waals surface area contributed by atoms with E-state index in [1.54, 1.807) is 18.2 Å². The second-order valence-corrected chi connectivity index (χ2v) is 6.77. The van der Waals surface area contributed by atoms with Crippen LogP contribution in [0.15, 0.2) is 56.9 Å². The Morgan fingerprint density at radius 1 is 1.23 bits per heavy atom. The van der Waals surface area contributed by atoms with Crippen LogP contribution < -0.4 is 9.57 Å². The first-order valence-electron chi connectivity index (χ1n) is 6.06. The molecule has 0 saturated heterocycles. The zero-order valence-corrected chi connectivity index (χ0v) is 13.9. The van der Waals surface area contributed by atoms with Gasteiger partial charge in [0.1, 0.15) is 11.6 Å². The molecule has 0 aromatic heterocycles. The van der Waals surface area contributed by atoms with Crippen molar-refractivity contribution in [2.75, 3.05) is 7.11 Å². The van der Waals surface area contributed by atoms with Gasteiger partial charge in [-0.05, 0) is 42.5 Å². The summed E-state index contributed by atoms with van der Waals surface area (Å²) in [6, 6.07) is 9.69. The second kappa shape index (κ2) is 6.89. The van der Waals surface area contributed by atoms with E-state index in [4.69, 9.17) is 4.74 Å². The second-order valence-electron chi connectivity index (χ2n) is 4.19. The number of ether oxygens (including phenoxy) is 1. The first-order valence-corrected chi connectivity index (χ1v) is 8.34. The van der Waals surface area contributed by atoms with Gasteiger partial charge in [0, 0.05) is 10.0 Å². The van der Waals surface area contributed by atoms with Crippen molar-refractivity contribution in [3.8, 4) is 5.75 Å². The lowest BCUT2D eigenvalue weighted by molar-refractivity contribution is 0.414. The number of hydrogen-bond donors (Lipinski definition) is 1. The van der Waals surface area contributed by atoms with Crippen LogP contribution >= 0.6 is 15.9 Å². The molecule has 116 valence electrons. The van der Waals surface area contributed by atoms with Crippen molar-refractivity contribution in [3.05, 3.63) is 58.3 Å². The summed E-state index contributed by atoms with van der Waals surface area (Å²) in [5.41, 5.74) is 0.596. The summed E-state index contributed by atoms with van der Waals surface area (Å²) in [5.74, 6) is 0.0363. The Bertz CT molecular complexity index is 792. The van der Waals surface area contributed by atoms with Crippen molar-refractivity contribution in [1.82, 2.24) is 4.83 Å². The van der Waals surface area contributed by atoms with Crippen molar-refractivity contribution in [2.24, 2.45) is 5.10 Å². The summed E-state index contributed by atoms with van der Waals surface area (Å²) < 4.78 is 42.7. The van der Waals surface area contributed by atoms with E-state index in [1.807, 2.05) is 0 Å². The lowest BCUT2D eigenvalue weighted by atomic mass is 10.2. The molecule has 0 spiro atoms. The number of methoxy groups -OCH3 is 1. The zero-order chi connectivity index (χ0) is 16.2. The lowest BCUT2D eigenvalue weighted by Gasteiger charge is -2.05. The first-order chi connectivity index (χ1) is 10.4. The molecule has 2 aromatic rings. The molecule has 2 aromatic carbocycles. The van der Waals surface area contributed by atoms with Crippen molar-refractivity contribution < 1.29 is 17.5 Å². The van der Waals surface area contributed by atoms with Crippen LogP contribution in [0, 0.1) is 5.82 Å². The van der Waals surface area contributed by atoms with E-state index in [2.05, 4.69) is 25.9 Å². The predicted octanol–water partition coefficient (Wildman–Crippen LogP) is 2.91. The van der Waals surface area contributed by atoms with Crippen molar-refractivity contribution in [3.63, 3.8) is 0 Å². The van der Waals surface area contributed by atoms with Gasteiger partial charge in [0.05, 0.1) is 18.2 Å². The molecule has 0 fully saturated rings. The average Bonchev–Trinajstić information content (AvgIpc) is 2.48. The Hall–Kier alpha value is -1.93. The monoisotopic (exact) mass is 386 g/mol. The van der Waals surface area contributed by atoms with Crippen LogP contribution in [-0.2, 0) is 10.0 Å². The van der Waals surface area contributed by atoms with E-state index in [1.165, 1.54) is 13.3 Å². The van der Waals surface area contributed by atoms with E-state index >= 15 is 0 Å². The third-order valence-corrected chi connectivity index (χ3v) is 4.42. The minimum Gasteiger partial charge on any atom is -0.496 e. The van der Waals surface area contributed by atoms with Crippen LogP contribution in [0.5, 0.6) is 5.75 Å². The molecule has 0 aliphatic heterocycles. The molecule has 0 unspecified atom stereocenters. The SMILES string of the molecule is COc1ccc(Br)cc1/C=N/NS(=O)(=O)c1ccc(F)cc1. The molecule has 5 nitrogen and oxygen atoms in total. The largest absolute Gasteiger partial charge is 0.496 e. The molecule has 0 heterocycles. The van der Waals surface area contributed by atoms with Crippen molar-refractivity contribution in [2.45, 2.75) is 4.90 Å². The van der Waals surface area contributed by atoms with Crippen LogP contribution in [0.4, 0.5) is 4.39 Å². The third-order valence-electron chi connectivity index (χ3n) is 2.69. The van der Waals surface area contributed by atoms with Gasteiger partial charge >= 0.3 is 0 Å². The Balaban J connectivity index is 2.18.